The minimum absolute atomic E-state index is 0. The van der Waals surface area contributed by atoms with Crippen LogP contribution in [0.5, 0.6) is 0 Å². The van der Waals surface area contributed by atoms with Gasteiger partial charge in [-0.3, -0.25) is 9.79 Å². The fourth-order valence-electron chi connectivity index (χ4n) is 3.41. The molecule has 0 saturated carbocycles. The Labute approximate surface area is 168 Å². The molecule has 0 aromatic heterocycles. The van der Waals surface area contributed by atoms with E-state index in [9.17, 15) is 4.79 Å². The largest absolute Gasteiger partial charge is 0.381 e. The lowest BCUT2D eigenvalue weighted by molar-refractivity contribution is -0.119. The van der Waals surface area contributed by atoms with Crippen LogP contribution in [0.3, 0.4) is 0 Å². The van der Waals surface area contributed by atoms with Gasteiger partial charge >= 0.3 is 0 Å². The van der Waals surface area contributed by atoms with Crippen molar-refractivity contribution < 1.29 is 14.3 Å². The summed E-state index contributed by atoms with van der Waals surface area (Å²) >= 11 is 0. The first kappa shape index (κ1) is 22.4. The van der Waals surface area contributed by atoms with E-state index in [1.165, 1.54) is 0 Å². The summed E-state index contributed by atoms with van der Waals surface area (Å²) in [5.74, 6) is 1.04. The molecule has 1 amide bonds. The van der Waals surface area contributed by atoms with Crippen LogP contribution in [-0.2, 0) is 14.3 Å². The molecule has 2 heterocycles. The lowest BCUT2D eigenvalue weighted by Gasteiger charge is -2.34. The zero-order chi connectivity index (χ0) is 17.2. The first-order chi connectivity index (χ1) is 11.7. The van der Waals surface area contributed by atoms with Gasteiger partial charge in [0, 0.05) is 52.9 Å². The summed E-state index contributed by atoms with van der Waals surface area (Å²) in [6.07, 6.45) is 5.92. The second-order valence-electron chi connectivity index (χ2n) is 6.63. The van der Waals surface area contributed by atoms with Crippen molar-refractivity contribution >= 4 is 35.8 Å². The summed E-state index contributed by atoms with van der Waals surface area (Å²) in [6.45, 7) is 5.06. The number of aliphatic imine (C=N–C) groups is 1. The number of guanidine groups is 1. The number of nitrogens with two attached hydrogens (primary N) is 1. The molecule has 7 nitrogen and oxygen atoms in total. The minimum atomic E-state index is -0.213. The zero-order valence-electron chi connectivity index (χ0n) is 15.2. The van der Waals surface area contributed by atoms with Crippen molar-refractivity contribution in [3.63, 3.8) is 0 Å². The molecule has 1 unspecified atom stereocenters. The third kappa shape index (κ3) is 8.54. The van der Waals surface area contributed by atoms with Gasteiger partial charge in [-0.25, -0.2) is 0 Å². The lowest BCUT2D eigenvalue weighted by atomic mass is 9.95. The number of carbonyl (C=O) groups is 1. The maximum absolute atomic E-state index is 11.1. The topological polar surface area (TPSA) is 89.2 Å². The van der Waals surface area contributed by atoms with Gasteiger partial charge in [0.1, 0.15) is 0 Å². The Bertz CT molecular complexity index is 417. The summed E-state index contributed by atoms with van der Waals surface area (Å²) in [5, 5.41) is 3.41. The predicted octanol–water partition coefficient (Wildman–Crippen LogP) is 1.35. The van der Waals surface area contributed by atoms with Crippen LogP contribution < -0.4 is 11.1 Å². The molecule has 0 aromatic rings. The van der Waals surface area contributed by atoms with Crippen LogP contribution in [0.15, 0.2) is 4.99 Å². The highest BCUT2D eigenvalue weighted by molar-refractivity contribution is 14.0. The van der Waals surface area contributed by atoms with Crippen LogP contribution in [0, 0.1) is 5.92 Å². The van der Waals surface area contributed by atoms with Gasteiger partial charge in [0.2, 0.25) is 5.91 Å². The monoisotopic (exact) mass is 468 g/mol. The quantitative estimate of drug-likeness (QED) is 0.255. The molecule has 2 aliphatic heterocycles. The molecule has 0 bridgehead atoms. The van der Waals surface area contributed by atoms with Gasteiger partial charge in [-0.05, 0) is 38.0 Å². The Morgan fingerprint density at radius 1 is 1.36 bits per heavy atom. The Morgan fingerprint density at radius 3 is 2.80 bits per heavy atom. The number of hydrogen-bond acceptors (Lipinski definition) is 4. The van der Waals surface area contributed by atoms with E-state index >= 15 is 0 Å². The summed E-state index contributed by atoms with van der Waals surface area (Å²) in [7, 11) is 1.80. The van der Waals surface area contributed by atoms with E-state index in [0.29, 0.717) is 18.4 Å². The van der Waals surface area contributed by atoms with Crippen molar-refractivity contribution in [2.45, 2.75) is 44.6 Å². The normalized spacial score (nSPS) is 22.4. The number of rotatable bonds is 7. The number of primary amides is 1. The maximum Gasteiger partial charge on any atom is 0.217 e. The summed E-state index contributed by atoms with van der Waals surface area (Å²) < 4.78 is 11.2. The van der Waals surface area contributed by atoms with Crippen molar-refractivity contribution in [1.82, 2.24) is 10.2 Å². The Kier molecular flexibility index (Phi) is 11.4. The van der Waals surface area contributed by atoms with Crippen LogP contribution in [0.25, 0.3) is 0 Å². The molecule has 0 radical (unpaired) electrons. The Balaban J connectivity index is 0.00000312. The molecule has 2 fully saturated rings. The third-order valence-corrected chi connectivity index (χ3v) is 4.65. The summed E-state index contributed by atoms with van der Waals surface area (Å²) in [4.78, 5) is 17.7. The number of nitrogens with zero attached hydrogens (tertiary/aromatic N) is 2. The number of nitrogens with one attached hydrogen (secondary N) is 1. The van der Waals surface area contributed by atoms with Crippen LogP contribution >= 0.6 is 24.0 Å². The van der Waals surface area contributed by atoms with Gasteiger partial charge < -0.3 is 25.4 Å². The van der Waals surface area contributed by atoms with Gasteiger partial charge in [0.15, 0.2) is 5.96 Å². The van der Waals surface area contributed by atoms with Gasteiger partial charge in [-0.1, -0.05) is 0 Å². The molecule has 0 aromatic carbocycles. The third-order valence-electron chi connectivity index (χ3n) is 4.65. The van der Waals surface area contributed by atoms with E-state index < -0.39 is 0 Å². The number of ether oxygens (including phenoxy) is 2. The van der Waals surface area contributed by atoms with E-state index in [1.807, 2.05) is 0 Å². The number of carbonyl (C=O) groups excluding carboxylic acids is 1. The van der Waals surface area contributed by atoms with Crippen molar-refractivity contribution in [3.05, 3.63) is 0 Å². The van der Waals surface area contributed by atoms with Gasteiger partial charge in [0.05, 0.1) is 6.10 Å². The van der Waals surface area contributed by atoms with Crippen LogP contribution in [0.1, 0.15) is 38.5 Å². The van der Waals surface area contributed by atoms with E-state index in [2.05, 4.69) is 15.2 Å². The van der Waals surface area contributed by atoms with Gasteiger partial charge in [-0.2, -0.15) is 0 Å². The van der Waals surface area contributed by atoms with Gasteiger partial charge in [0.25, 0.3) is 0 Å². The molecular formula is C17H33IN4O3. The van der Waals surface area contributed by atoms with Crippen LogP contribution in [-0.4, -0.2) is 69.4 Å². The molecule has 25 heavy (non-hydrogen) atoms. The van der Waals surface area contributed by atoms with Crippen molar-refractivity contribution in [1.29, 1.82) is 0 Å². The van der Waals surface area contributed by atoms with Crippen LogP contribution in [0.2, 0.25) is 0 Å². The number of hydrogen-bond donors (Lipinski definition) is 2. The van der Waals surface area contributed by atoms with E-state index in [1.54, 1.807) is 7.05 Å². The molecule has 3 N–H and O–H groups in total. The lowest BCUT2D eigenvalue weighted by Crippen LogP contribution is -2.47. The zero-order valence-corrected chi connectivity index (χ0v) is 17.6. The number of halogens is 1. The summed E-state index contributed by atoms with van der Waals surface area (Å²) in [6, 6.07) is 0. The average molecular weight is 468 g/mol. The van der Waals surface area contributed by atoms with E-state index in [0.717, 1.165) is 77.5 Å². The molecule has 0 aliphatic carbocycles. The fourth-order valence-corrected chi connectivity index (χ4v) is 3.41. The molecule has 0 spiro atoms. The Hall–Kier alpha value is -0.610. The Morgan fingerprint density at radius 2 is 2.12 bits per heavy atom. The predicted molar refractivity (Wildman–Crippen MR) is 109 cm³/mol. The first-order valence-corrected chi connectivity index (χ1v) is 9.12. The van der Waals surface area contributed by atoms with Crippen LogP contribution in [0.4, 0.5) is 0 Å². The average Bonchev–Trinajstić information content (AvgIpc) is 2.58. The standard InChI is InChI=1S/C17H32N4O3.HI/c1-19-17(21-8-2-4-14(13-21)12-16(18)22)20-7-3-9-24-15-5-10-23-11-6-15;/h14-15H,2-13H2,1H3,(H2,18,22)(H,19,20);1H. The van der Waals surface area contributed by atoms with Gasteiger partial charge in [-0.15, -0.1) is 24.0 Å². The molecule has 2 rings (SSSR count). The number of amides is 1. The van der Waals surface area contributed by atoms with Crippen molar-refractivity contribution in [2.75, 3.05) is 46.5 Å². The summed E-state index contributed by atoms with van der Waals surface area (Å²) in [5.41, 5.74) is 5.33. The maximum atomic E-state index is 11.1. The van der Waals surface area contributed by atoms with E-state index in [4.69, 9.17) is 15.2 Å². The highest BCUT2D eigenvalue weighted by Crippen LogP contribution is 2.19. The molecule has 2 saturated heterocycles. The highest BCUT2D eigenvalue weighted by Gasteiger charge is 2.23. The molecule has 146 valence electrons. The van der Waals surface area contributed by atoms with Crippen molar-refractivity contribution in [3.8, 4) is 0 Å². The second kappa shape index (κ2) is 12.7. The molecule has 2 aliphatic rings. The molecule has 1 atom stereocenters. The molecule has 8 heteroatoms. The SMILES string of the molecule is CN=C(NCCCOC1CCOCC1)N1CCCC(CC(N)=O)C1.I. The second-order valence-corrected chi connectivity index (χ2v) is 6.63. The minimum Gasteiger partial charge on any atom is -0.381 e. The van der Waals surface area contributed by atoms with E-state index in [-0.39, 0.29) is 29.9 Å². The van der Waals surface area contributed by atoms with Crippen molar-refractivity contribution in [2.24, 2.45) is 16.6 Å². The number of likely N-dealkylation sites (tertiary alicyclic amines) is 1. The first-order valence-electron chi connectivity index (χ1n) is 9.12. The number of piperidine rings is 1. The fraction of sp³-hybridized carbons (Fsp3) is 0.882. The smallest absolute Gasteiger partial charge is 0.217 e. The molecular weight excluding hydrogens is 435 g/mol. The highest BCUT2D eigenvalue weighted by atomic mass is 127.